The van der Waals surface area contributed by atoms with E-state index in [1.807, 2.05) is 30.3 Å². The Morgan fingerprint density at radius 1 is 1.25 bits per heavy atom. The molecule has 0 aliphatic carbocycles. The summed E-state index contributed by atoms with van der Waals surface area (Å²) in [6.45, 7) is 0.903. The van der Waals surface area contributed by atoms with E-state index in [1.165, 1.54) is 0 Å². The van der Waals surface area contributed by atoms with Crippen molar-refractivity contribution in [2.75, 3.05) is 20.3 Å². The molecule has 3 rings (SSSR count). The molecule has 0 unspecified atom stereocenters. The van der Waals surface area contributed by atoms with Gasteiger partial charge in [-0.25, -0.2) is 4.79 Å². The molecule has 0 bridgehead atoms. The summed E-state index contributed by atoms with van der Waals surface area (Å²) in [4.78, 5) is 24.4. The van der Waals surface area contributed by atoms with Crippen LogP contribution < -0.4 is 5.32 Å². The molecule has 2 aromatic rings. The molecule has 1 aliphatic rings. The molecule has 1 atom stereocenters. The van der Waals surface area contributed by atoms with Crippen LogP contribution in [0.2, 0.25) is 0 Å². The molecule has 0 fully saturated rings. The van der Waals surface area contributed by atoms with Crippen molar-refractivity contribution >= 4 is 11.9 Å². The fraction of sp³-hybridized carbons (Fsp3) is 0.263. The van der Waals surface area contributed by atoms with Crippen molar-refractivity contribution in [1.82, 2.24) is 5.32 Å². The fourth-order valence-corrected chi connectivity index (χ4v) is 2.76. The highest BCUT2D eigenvalue weighted by Crippen LogP contribution is 2.30. The largest absolute Gasteiger partial charge is 0.454 e. The van der Waals surface area contributed by atoms with Crippen LogP contribution in [0.25, 0.3) is 0 Å². The highest BCUT2D eigenvalue weighted by atomic mass is 16.5. The molecular formula is C19H19NO4. The first-order valence-corrected chi connectivity index (χ1v) is 7.85. The quantitative estimate of drug-likeness (QED) is 0.678. The number of esters is 1. The SMILES string of the molecule is COCCNC(=O)c1ccc2c(c1)C[C@@H](c1ccccc1)OC2=O. The average Bonchev–Trinajstić information content (AvgIpc) is 2.62. The summed E-state index contributed by atoms with van der Waals surface area (Å²) in [6.07, 6.45) is 0.239. The van der Waals surface area contributed by atoms with E-state index in [4.69, 9.17) is 9.47 Å². The first-order valence-electron chi connectivity index (χ1n) is 7.85. The van der Waals surface area contributed by atoms with Gasteiger partial charge in [0.1, 0.15) is 6.10 Å². The molecule has 5 heteroatoms. The van der Waals surface area contributed by atoms with Crippen molar-refractivity contribution in [3.8, 4) is 0 Å². The summed E-state index contributed by atoms with van der Waals surface area (Å²) < 4.78 is 10.4. The van der Waals surface area contributed by atoms with Crippen LogP contribution in [0.3, 0.4) is 0 Å². The minimum absolute atomic E-state index is 0.176. The van der Waals surface area contributed by atoms with E-state index in [0.29, 0.717) is 30.7 Å². The number of rotatable bonds is 5. The normalized spacial score (nSPS) is 16.2. The van der Waals surface area contributed by atoms with Gasteiger partial charge in [0.2, 0.25) is 0 Å². The minimum Gasteiger partial charge on any atom is -0.454 e. The summed E-state index contributed by atoms with van der Waals surface area (Å²) in [7, 11) is 1.58. The highest BCUT2D eigenvalue weighted by Gasteiger charge is 2.28. The van der Waals surface area contributed by atoms with E-state index >= 15 is 0 Å². The van der Waals surface area contributed by atoms with Gasteiger partial charge in [0.05, 0.1) is 12.2 Å². The lowest BCUT2D eigenvalue weighted by atomic mass is 9.93. The third-order valence-corrected chi connectivity index (χ3v) is 4.01. The molecule has 0 spiro atoms. The zero-order valence-corrected chi connectivity index (χ0v) is 13.5. The monoisotopic (exact) mass is 325 g/mol. The Balaban J connectivity index is 1.81. The van der Waals surface area contributed by atoms with Gasteiger partial charge in [-0.1, -0.05) is 30.3 Å². The molecule has 0 radical (unpaired) electrons. The molecule has 1 N–H and O–H groups in total. The summed E-state index contributed by atoms with van der Waals surface area (Å²) in [5, 5.41) is 2.78. The Labute approximate surface area is 140 Å². The number of hydrogen-bond acceptors (Lipinski definition) is 4. The lowest BCUT2D eigenvalue weighted by Crippen LogP contribution is -2.28. The van der Waals surface area contributed by atoms with E-state index < -0.39 is 0 Å². The summed E-state index contributed by atoms with van der Waals surface area (Å²) in [5.74, 6) is -0.526. The van der Waals surface area contributed by atoms with Gasteiger partial charge in [-0.05, 0) is 29.3 Å². The zero-order valence-electron chi connectivity index (χ0n) is 13.5. The minimum atomic E-state index is -0.351. The molecule has 0 aromatic heterocycles. The van der Waals surface area contributed by atoms with E-state index in [9.17, 15) is 9.59 Å². The first kappa shape index (κ1) is 16.2. The summed E-state index contributed by atoms with van der Waals surface area (Å²) >= 11 is 0. The van der Waals surface area contributed by atoms with Gasteiger partial charge in [0, 0.05) is 25.6 Å². The second-order valence-electron chi connectivity index (χ2n) is 5.63. The van der Waals surface area contributed by atoms with Crippen molar-refractivity contribution in [2.45, 2.75) is 12.5 Å². The van der Waals surface area contributed by atoms with Crippen LogP contribution in [0, 0.1) is 0 Å². The number of carbonyl (C=O) groups excluding carboxylic acids is 2. The lowest BCUT2D eigenvalue weighted by molar-refractivity contribution is 0.0252. The van der Waals surface area contributed by atoms with Gasteiger partial charge in [-0.2, -0.15) is 0 Å². The predicted octanol–water partition coefficient (Wildman–Crippen LogP) is 2.52. The number of benzene rings is 2. The molecule has 2 aromatic carbocycles. The molecular weight excluding hydrogens is 306 g/mol. The van der Waals surface area contributed by atoms with Crippen molar-refractivity contribution in [3.63, 3.8) is 0 Å². The zero-order chi connectivity index (χ0) is 16.9. The van der Waals surface area contributed by atoms with Crippen LogP contribution in [-0.2, 0) is 15.9 Å². The molecule has 0 saturated heterocycles. The highest BCUT2D eigenvalue weighted by molar-refractivity contribution is 5.97. The van der Waals surface area contributed by atoms with Gasteiger partial charge in [-0.15, -0.1) is 0 Å². The molecule has 24 heavy (non-hydrogen) atoms. The van der Waals surface area contributed by atoms with Crippen LogP contribution in [-0.4, -0.2) is 32.1 Å². The van der Waals surface area contributed by atoms with Crippen molar-refractivity contribution < 1.29 is 19.1 Å². The van der Waals surface area contributed by atoms with Crippen molar-refractivity contribution in [1.29, 1.82) is 0 Å². The maximum atomic E-state index is 12.2. The standard InChI is InChI=1S/C19H19NO4/c1-23-10-9-20-18(21)14-7-8-16-15(11-14)12-17(24-19(16)22)13-5-3-2-4-6-13/h2-8,11,17H,9-10,12H2,1H3,(H,20,21)/t17-/m0/s1. The molecule has 1 aliphatic heterocycles. The molecule has 124 valence electrons. The van der Waals surface area contributed by atoms with Gasteiger partial charge in [0.15, 0.2) is 0 Å². The smallest absolute Gasteiger partial charge is 0.339 e. The molecule has 5 nitrogen and oxygen atoms in total. The molecule has 0 saturated carbocycles. The third kappa shape index (κ3) is 3.46. The van der Waals surface area contributed by atoms with E-state index in [2.05, 4.69) is 5.32 Å². The third-order valence-electron chi connectivity index (χ3n) is 4.01. The average molecular weight is 325 g/mol. The predicted molar refractivity (Wildman–Crippen MR) is 89.0 cm³/mol. The summed E-state index contributed by atoms with van der Waals surface area (Å²) in [6, 6.07) is 14.7. The van der Waals surface area contributed by atoms with E-state index in [0.717, 1.165) is 11.1 Å². The van der Waals surface area contributed by atoms with Crippen LogP contribution in [0.15, 0.2) is 48.5 Å². The first-order chi connectivity index (χ1) is 11.7. The number of fused-ring (bicyclic) bond motifs is 1. The van der Waals surface area contributed by atoms with Crippen molar-refractivity contribution in [3.05, 3.63) is 70.8 Å². The van der Waals surface area contributed by atoms with Gasteiger partial charge in [-0.3, -0.25) is 4.79 Å². The van der Waals surface area contributed by atoms with E-state index in [-0.39, 0.29) is 18.0 Å². The van der Waals surface area contributed by atoms with Crippen LogP contribution in [0.5, 0.6) is 0 Å². The maximum Gasteiger partial charge on any atom is 0.339 e. The number of methoxy groups -OCH3 is 1. The number of hydrogen-bond donors (Lipinski definition) is 1. The number of ether oxygens (including phenoxy) is 2. The Kier molecular flexibility index (Phi) is 4.91. The van der Waals surface area contributed by atoms with Crippen molar-refractivity contribution in [2.24, 2.45) is 0 Å². The van der Waals surface area contributed by atoms with Crippen LogP contribution in [0.4, 0.5) is 0 Å². The van der Waals surface area contributed by atoms with E-state index in [1.54, 1.807) is 25.3 Å². The van der Waals surface area contributed by atoms with Crippen LogP contribution in [0.1, 0.15) is 37.9 Å². The Bertz CT molecular complexity index is 742. The number of amides is 1. The Hall–Kier alpha value is -2.66. The Morgan fingerprint density at radius 2 is 2.04 bits per heavy atom. The second-order valence-corrected chi connectivity index (χ2v) is 5.63. The lowest BCUT2D eigenvalue weighted by Gasteiger charge is -2.25. The Morgan fingerprint density at radius 3 is 2.79 bits per heavy atom. The van der Waals surface area contributed by atoms with Gasteiger partial charge >= 0.3 is 5.97 Å². The number of cyclic esters (lactones) is 1. The number of nitrogens with one attached hydrogen (secondary N) is 1. The maximum absolute atomic E-state index is 12.2. The second kappa shape index (κ2) is 7.27. The molecule has 1 heterocycles. The fourth-order valence-electron chi connectivity index (χ4n) is 2.76. The number of carbonyl (C=O) groups is 2. The van der Waals surface area contributed by atoms with Crippen LogP contribution >= 0.6 is 0 Å². The van der Waals surface area contributed by atoms with Gasteiger partial charge < -0.3 is 14.8 Å². The topological polar surface area (TPSA) is 64.6 Å². The molecule has 1 amide bonds. The summed E-state index contributed by atoms with van der Waals surface area (Å²) in [5.41, 5.74) is 2.84. The van der Waals surface area contributed by atoms with Gasteiger partial charge in [0.25, 0.3) is 5.91 Å².